The van der Waals surface area contributed by atoms with E-state index in [1.807, 2.05) is 0 Å². The molecule has 0 saturated carbocycles. The van der Waals surface area contributed by atoms with Gasteiger partial charge in [-0.05, 0) is 0 Å². The normalized spacial score (nSPS) is 9.08. The molecule has 0 saturated heterocycles. The van der Waals surface area contributed by atoms with Gasteiger partial charge in [0.1, 0.15) is 5.69 Å². The van der Waals surface area contributed by atoms with Crippen LogP contribution in [0.2, 0.25) is 0 Å². The number of nitrogens with zero attached hydrogens (tertiary/aromatic N) is 2. The highest BCUT2D eigenvalue weighted by molar-refractivity contribution is 5.85. The second-order valence-corrected chi connectivity index (χ2v) is 2.13. The van der Waals surface area contributed by atoms with Gasteiger partial charge in [0, 0.05) is 7.05 Å². The second-order valence-electron chi connectivity index (χ2n) is 2.13. The number of hydrogen-bond acceptors (Lipinski definition) is 5. The van der Waals surface area contributed by atoms with Gasteiger partial charge in [-0.2, -0.15) is 4.98 Å². The second kappa shape index (κ2) is 3.31. The number of rotatable bonds is 0. The van der Waals surface area contributed by atoms with Crippen LogP contribution in [-0.2, 0) is 7.05 Å². The molecule has 0 aliphatic carbocycles. The van der Waals surface area contributed by atoms with Crippen LogP contribution in [0.15, 0.2) is 4.79 Å². The summed E-state index contributed by atoms with van der Waals surface area (Å²) in [5.74, 6) is 0.0345. The van der Waals surface area contributed by atoms with E-state index in [0.29, 0.717) is 0 Å². The Morgan fingerprint density at radius 3 is 2.33 bits per heavy atom. The SMILES string of the molecule is Cl.Cn1c(N)nc(N)c(N)c1=O. The van der Waals surface area contributed by atoms with Gasteiger partial charge in [0.2, 0.25) is 5.95 Å². The maximum Gasteiger partial charge on any atom is 0.280 e. The van der Waals surface area contributed by atoms with E-state index < -0.39 is 5.56 Å². The summed E-state index contributed by atoms with van der Waals surface area (Å²) in [7, 11) is 1.47. The number of hydrogen-bond donors (Lipinski definition) is 3. The first kappa shape index (κ1) is 10.6. The molecule has 0 atom stereocenters. The molecule has 0 aliphatic heterocycles. The molecule has 1 heterocycles. The Balaban J connectivity index is 0.00000121. The number of aromatic nitrogens is 2. The number of nitrogen functional groups attached to an aromatic ring is 3. The smallest absolute Gasteiger partial charge is 0.280 e. The van der Waals surface area contributed by atoms with Crippen LogP contribution in [0.25, 0.3) is 0 Å². The average molecular weight is 192 g/mol. The summed E-state index contributed by atoms with van der Waals surface area (Å²) in [6, 6.07) is 0. The molecule has 0 fully saturated rings. The highest BCUT2D eigenvalue weighted by Crippen LogP contribution is 2.05. The fraction of sp³-hybridized carbons (Fsp3) is 0.200. The summed E-state index contributed by atoms with van der Waals surface area (Å²) in [4.78, 5) is 14.7. The van der Waals surface area contributed by atoms with E-state index in [4.69, 9.17) is 17.2 Å². The Morgan fingerprint density at radius 2 is 1.83 bits per heavy atom. The molecule has 12 heavy (non-hydrogen) atoms. The van der Waals surface area contributed by atoms with E-state index in [9.17, 15) is 4.79 Å². The van der Waals surface area contributed by atoms with Crippen LogP contribution in [0.1, 0.15) is 0 Å². The first-order valence-electron chi connectivity index (χ1n) is 2.91. The Kier molecular flexibility index (Phi) is 2.92. The zero-order valence-electron chi connectivity index (χ0n) is 6.44. The minimum absolute atomic E-state index is 0. The molecule has 68 valence electrons. The van der Waals surface area contributed by atoms with Crippen molar-refractivity contribution in [1.29, 1.82) is 0 Å². The van der Waals surface area contributed by atoms with Crippen LogP contribution in [0, 0.1) is 0 Å². The Bertz CT molecular complexity index is 317. The van der Waals surface area contributed by atoms with Gasteiger partial charge >= 0.3 is 0 Å². The van der Waals surface area contributed by atoms with Gasteiger partial charge in [-0.3, -0.25) is 9.36 Å². The predicted octanol–water partition coefficient (Wildman–Crippen LogP) is -1.05. The molecule has 1 aromatic rings. The van der Waals surface area contributed by atoms with Gasteiger partial charge in [0.05, 0.1) is 0 Å². The van der Waals surface area contributed by atoms with E-state index in [2.05, 4.69) is 4.98 Å². The Hall–Kier alpha value is -1.43. The van der Waals surface area contributed by atoms with Crippen LogP contribution in [0.5, 0.6) is 0 Å². The van der Waals surface area contributed by atoms with Crippen LogP contribution in [-0.4, -0.2) is 9.55 Å². The van der Waals surface area contributed by atoms with Crippen LogP contribution >= 0.6 is 12.4 Å². The quantitative estimate of drug-likeness (QED) is 0.484. The number of nitrogens with two attached hydrogens (primary N) is 3. The van der Waals surface area contributed by atoms with Crippen LogP contribution in [0.4, 0.5) is 17.5 Å². The van der Waals surface area contributed by atoms with Gasteiger partial charge in [-0.15, -0.1) is 12.4 Å². The summed E-state index contributed by atoms with van der Waals surface area (Å²) in [5, 5.41) is 0. The third-order valence-corrected chi connectivity index (χ3v) is 1.39. The molecular weight excluding hydrogens is 182 g/mol. The average Bonchev–Trinajstić information content (AvgIpc) is 1.97. The largest absolute Gasteiger partial charge is 0.391 e. The minimum atomic E-state index is -0.421. The zero-order chi connectivity index (χ0) is 8.59. The molecule has 6 N–H and O–H groups in total. The maximum absolute atomic E-state index is 11.0. The minimum Gasteiger partial charge on any atom is -0.391 e. The summed E-state index contributed by atoms with van der Waals surface area (Å²) in [6.07, 6.45) is 0. The summed E-state index contributed by atoms with van der Waals surface area (Å²) in [5.41, 5.74) is 15.4. The van der Waals surface area contributed by atoms with Gasteiger partial charge < -0.3 is 17.2 Å². The molecule has 7 heteroatoms. The molecule has 0 unspecified atom stereocenters. The van der Waals surface area contributed by atoms with Crippen molar-refractivity contribution < 1.29 is 0 Å². The molecule has 0 aromatic carbocycles. The number of anilines is 3. The highest BCUT2D eigenvalue weighted by Gasteiger charge is 2.05. The fourth-order valence-electron chi connectivity index (χ4n) is 0.653. The van der Waals surface area contributed by atoms with E-state index in [1.54, 1.807) is 0 Å². The molecule has 1 aromatic heterocycles. The van der Waals surface area contributed by atoms with E-state index >= 15 is 0 Å². The van der Waals surface area contributed by atoms with Crippen molar-refractivity contribution >= 4 is 29.9 Å². The van der Waals surface area contributed by atoms with Crippen molar-refractivity contribution in [2.45, 2.75) is 0 Å². The summed E-state index contributed by atoms with van der Waals surface area (Å²) in [6.45, 7) is 0. The van der Waals surface area contributed by atoms with Crippen molar-refractivity contribution in [3.63, 3.8) is 0 Å². The van der Waals surface area contributed by atoms with Gasteiger partial charge in [-0.1, -0.05) is 0 Å². The van der Waals surface area contributed by atoms with E-state index in [1.165, 1.54) is 7.05 Å². The molecule has 0 radical (unpaired) electrons. The first-order valence-corrected chi connectivity index (χ1v) is 2.91. The summed E-state index contributed by atoms with van der Waals surface area (Å²) >= 11 is 0. The van der Waals surface area contributed by atoms with Gasteiger partial charge in [0.15, 0.2) is 5.82 Å². The highest BCUT2D eigenvalue weighted by atomic mass is 35.5. The van der Waals surface area contributed by atoms with E-state index in [0.717, 1.165) is 4.57 Å². The Morgan fingerprint density at radius 1 is 1.33 bits per heavy atom. The molecule has 0 spiro atoms. The predicted molar refractivity (Wildman–Crippen MR) is 50.0 cm³/mol. The third kappa shape index (κ3) is 1.42. The maximum atomic E-state index is 11.0. The van der Waals surface area contributed by atoms with Crippen molar-refractivity contribution in [3.8, 4) is 0 Å². The molecule has 1 rings (SSSR count). The standard InChI is InChI=1S/C5H9N5O.ClH/c1-10-4(11)2(6)3(7)9-5(10)8;/h6-7H2,1H3,(H2,8,9);1H. The zero-order valence-corrected chi connectivity index (χ0v) is 7.26. The lowest BCUT2D eigenvalue weighted by molar-refractivity contribution is 0.850. The first-order chi connectivity index (χ1) is 5.04. The molecule has 6 nitrogen and oxygen atoms in total. The van der Waals surface area contributed by atoms with Crippen molar-refractivity contribution in [2.24, 2.45) is 7.05 Å². The van der Waals surface area contributed by atoms with Gasteiger partial charge in [-0.25, -0.2) is 0 Å². The molecule has 0 aliphatic rings. The van der Waals surface area contributed by atoms with Crippen molar-refractivity contribution in [3.05, 3.63) is 10.4 Å². The van der Waals surface area contributed by atoms with Gasteiger partial charge in [0.25, 0.3) is 5.56 Å². The van der Waals surface area contributed by atoms with Crippen molar-refractivity contribution in [1.82, 2.24) is 9.55 Å². The lowest BCUT2D eigenvalue weighted by Gasteiger charge is -2.04. The topological polar surface area (TPSA) is 113 Å². The van der Waals surface area contributed by atoms with Crippen molar-refractivity contribution in [2.75, 3.05) is 17.2 Å². The molecular formula is C5H10ClN5O. The number of halogens is 1. The van der Waals surface area contributed by atoms with Crippen LogP contribution in [0.3, 0.4) is 0 Å². The molecule has 0 amide bonds. The van der Waals surface area contributed by atoms with E-state index in [-0.39, 0.29) is 29.9 Å². The van der Waals surface area contributed by atoms with Crippen LogP contribution < -0.4 is 22.8 Å². The lowest BCUT2D eigenvalue weighted by Crippen LogP contribution is -2.25. The lowest BCUT2D eigenvalue weighted by atomic mass is 10.5. The summed E-state index contributed by atoms with van der Waals surface area (Å²) < 4.78 is 1.13. The fourth-order valence-corrected chi connectivity index (χ4v) is 0.653. The Labute approximate surface area is 74.8 Å². The molecule has 0 bridgehead atoms. The monoisotopic (exact) mass is 191 g/mol. The third-order valence-electron chi connectivity index (χ3n) is 1.39.